The standard InChI is InChI=1S/C20H24N2O5S/c1-4-22(15-9-10-28(25,26)12-15)18(23)11-27-20(24)19-13(2)16-7-5-6-8-17(16)21-14(19)3/h5-8,15H,4,9-12H2,1-3H3/t15-/m1/s1. The molecule has 1 atom stereocenters. The molecule has 2 aromatic rings. The van der Waals surface area contributed by atoms with E-state index in [4.69, 9.17) is 4.74 Å². The molecular weight excluding hydrogens is 380 g/mol. The highest BCUT2D eigenvalue weighted by molar-refractivity contribution is 7.91. The molecule has 28 heavy (non-hydrogen) atoms. The van der Waals surface area contributed by atoms with Gasteiger partial charge in [-0.25, -0.2) is 13.2 Å². The number of hydrogen-bond acceptors (Lipinski definition) is 6. The highest BCUT2D eigenvalue weighted by Gasteiger charge is 2.34. The van der Waals surface area contributed by atoms with E-state index in [0.29, 0.717) is 24.2 Å². The number of esters is 1. The van der Waals surface area contributed by atoms with E-state index in [1.165, 1.54) is 4.90 Å². The summed E-state index contributed by atoms with van der Waals surface area (Å²) in [6, 6.07) is 7.17. The molecule has 1 aliphatic rings. The van der Waals surface area contributed by atoms with Crippen LogP contribution < -0.4 is 0 Å². The van der Waals surface area contributed by atoms with Crippen molar-refractivity contribution >= 4 is 32.6 Å². The number of ether oxygens (including phenoxy) is 1. The second-order valence-corrected chi connectivity index (χ2v) is 9.26. The molecule has 150 valence electrons. The Morgan fingerprint density at radius 3 is 2.61 bits per heavy atom. The number of sulfone groups is 1. The zero-order chi connectivity index (χ0) is 20.5. The molecule has 8 heteroatoms. The SMILES string of the molecule is CCN(C(=O)COC(=O)c1c(C)nc2ccccc2c1C)[C@@H]1CCS(=O)(=O)C1. The number of pyridine rings is 1. The van der Waals surface area contributed by atoms with Crippen molar-refractivity contribution in [3.63, 3.8) is 0 Å². The molecule has 0 aliphatic carbocycles. The van der Waals surface area contributed by atoms with Crippen LogP contribution in [-0.2, 0) is 19.4 Å². The number of aromatic nitrogens is 1. The Morgan fingerprint density at radius 2 is 1.96 bits per heavy atom. The van der Waals surface area contributed by atoms with E-state index in [1.807, 2.05) is 31.2 Å². The lowest BCUT2D eigenvalue weighted by Gasteiger charge is -2.26. The van der Waals surface area contributed by atoms with E-state index in [0.717, 1.165) is 16.5 Å². The monoisotopic (exact) mass is 404 g/mol. The Balaban J connectivity index is 1.73. The van der Waals surface area contributed by atoms with E-state index < -0.39 is 22.4 Å². The van der Waals surface area contributed by atoms with Crippen LogP contribution >= 0.6 is 0 Å². The van der Waals surface area contributed by atoms with Gasteiger partial charge in [0.15, 0.2) is 16.4 Å². The first kappa shape index (κ1) is 20.3. The second-order valence-electron chi connectivity index (χ2n) is 7.03. The summed E-state index contributed by atoms with van der Waals surface area (Å²) in [6.07, 6.45) is 0.419. The molecule has 1 saturated heterocycles. The largest absolute Gasteiger partial charge is 0.452 e. The Hall–Kier alpha value is -2.48. The van der Waals surface area contributed by atoms with Gasteiger partial charge in [-0.1, -0.05) is 18.2 Å². The van der Waals surface area contributed by atoms with Gasteiger partial charge in [0.05, 0.1) is 28.3 Å². The van der Waals surface area contributed by atoms with Gasteiger partial charge in [-0.15, -0.1) is 0 Å². The highest BCUT2D eigenvalue weighted by Crippen LogP contribution is 2.23. The second kappa shape index (κ2) is 7.87. The fourth-order valence-corrected chi connectivity index (χ4v) is 5.50. The van der Waals surface area contributed by atoms with Crippen LogP contribution in [0.5, 0.6) is 0 Å². The number of amides is 1. The van der Waals surface area contributed by atoms with Crippen molar-refractivity contribution in [1.82, 2.24) is 9.88 Å². The minimum absolute atomic E-state index is 0.0344. The van der Waals surface area contributed by atoms with Gasteiger partial charge in [0.1, 0.15) is 0 Å². The summed E-state index contributed by atoms with van der Waals surface area (Å²) >= 11 is 0. The molecule has 0 radical (unpaired) electrons. The minimum Gasteiger partial charge on any atom is -0.452 e. The third-order valence-electron chi connectivity index (χ3n) is 5.17. The number of carbonyl (C=O) groups excluding carboxylic acids is 2. The molecule has 0 unspecified atom stereocenters. The van der Waals surface area contributed by atoms with Crippen molar-refractivity contribution in [2.75, 3.05) is 24.7 Å². The van der Waals surface area contributed by atoms with Crippen molar-refractivity contribution in [1.29, 1.82) is 0 Å². The summed E-state index contributed by atoms with van der Waals surface area (Å²) in [5.41, 5.74) is 2.46. The average molecular weight is 404 g/mol. The molecule has 1 aliphatic heterocycles. The number of nitrogens with zero attached hydrogens (tertiary/aromatic N) is 2. The summed E-state index contributed by atoms with van der Waals surface area (Å²) in [7, 11) is -3.10. The minimum atomic E-state index is -3.10. The fourth-order valence-electron chi connectivity index (χ4n) is 3.77. The van der Waals surface area contributed by atoms with E-state index >= 15 is 0 Å². The van der Waals surface area contributed by atoms with Crippen LogP contribution in [0, 0.1) is 13.8 Å². The fraction of sp³-hybridized carbons (Fsp3) is 0.450. The summed E-state index contributed by atoms with van der Waals surface area (Å²) in [5, 5.41) is 0.859. The molecular formula is C20H24N2O5S. The molecule has 1 amide bonds. The molecule has 0 saturated carbocycles. The van der Waals surface area contributed by atoms with Crippen molar-refractivity contribution in [2.24, 2.45) is 0 Å². The maximum absolute atomic E-state index is 12.6. The number of carbonyl (C=O) groups is 2. The Bertz CT molecular complexity index is 1030. The first-order valence-electron chi connectivity index (χ1n) is 9.26. The van der Waals surface area contributed by atoms with E-state index in [2.05, 4.69) is 4.98 Å². The van der Waals surface area contributed by atoms with Gasteiger partial charge >= 0.3 is 5.97 Å². The molecule has 0 bridgehead atoms. The number of rotatable bonds is 5. The molecule has 1 aromatic heterocycles. The lowest BCUT2D eigenvalue weighted by Crippen LogP contribution is -2.43. The van der Waals surface area contributed by atoms with Gasteiger partial charge in [-0.3, -0.25) is 9.78 Å². The van der Waals surface area contributed by atoms with Crippen LogP contribution in [-0.4, -0.2) is 60.9 Å². The molecule has 0 spiro atoms. The third kappa shape index (κ3) is 4.01. The van der Waals surface area contributed by atoms with Crippen molar-refractivity contribution in [3.05, 3.63) is 41.1 Å². The molecule has 7 nitrogen and oxygen atoms in total. The van der Waals surface area contributed by atoms with E-state index in [9.17, 15) is 18.0 Å². The van der Waals surface area contributed by atoms with Gasteiger partial charge in [-0.2, -0.15) is 0 Å². The van der Waals surface area contributed by atoms with Gasteiger partial charge in [0, 0.05) is 18.0 Å². The van der Waals surface area contributed by atoms with Crippen molar-refractivity contribution < 1.29 is 22.7 Å². The van der Waals surface area contributed by atoms with Crippen LogP contribution in [0.1, 0.15) is 35.0 Å². The topological polar surface area (TPSA) is 93.6 Å². The van der Waals surface area contributed by atoms with Crippen LogP contribution in [0.25, 0.3) is 10.9 Å². The molecule has 3 rings (SSSR count). The highest BCUT2D eigenvalue weighted by atomic mass is 32.2. The number of fused-ring (bicyclic) bond motifs is 1. The average Bonchev–Trinajstić information content (AvgIpc) is 3.00. The quantitative estimate of drug-likeness (QED) is 0.708. The summed E-state index contributed by atoms with van der Waals surface area (Å²) in [4.78, 5) is 31.1. The first-order chi connectivity index (χ1) is 13.2. The zero-order valence-electron chi connectivity index (χ0n) is 16.3. The van der Waals surface area contributed by atoms with Gasteiger partial charge in [0.2, 0.25) is 0 Å². The predicted octanol–water partition coefficient (Wildman–Crippen LogP) is 2.04. The summed E-state index contributed by atoms with van der Waals surface area (Å²) < 4.78 is 28.6. The van der Waals surface area contributed by atoms with Gasteiger partial charge in [-0.05, 0) is 38.8 Å². The third-order valence-corrected chi connectivity index (χ3v) is 6.92. The maximum atomic E-state index is 12.6. The Morgan fingerprint density at radius 1 is 1.25 bits per heavy atom. The van der Waals surface area contributed by atoms with Crippen LogP contribution in [0.4, 0.5) is 0 Å². The van der Waals surface area contributed by atoms with Crippen LogP contribution in [0.15, 0.2) is 24.3 Å². The maximum Gasteiger partial charge on any atom is 0.340 e. The molecule has 1 aromatic carbocycles. The van der Waals surface area contributed by atoms with E-state index in [1.54, 1.807) is 13.8 Å². The van der Waals surface area contributed by atoms with Crippen molar-refractivity contribution in [3.8, 4) is 0 Å². The number of para-hydroxylation sites is 1. The van der Waals surface area contributed by atoms with E-state index in [-0.39, 0.29) is 23.5 Å². The Labute approximate surface area is 164 Å². The zero-order valence-corrected chi connectivity index (χ0v) is 17.1. The number of aryl methyl sites for hydroxylation is 2. The predicted molar refractivity (Wildman–Crippen MR) is 106 cm³/mol. The summed E-state index contributed by atoms with van der Waals surface area (Å²) in [6.45, 7) is 5.30. The number of hydrogen-bond donors (Lipinski definition) is 0. The normalized spacial score (nSPS) is 18.2. The Kier molecular flexibility index (Phi) is 5.69. The van der Waals surface area contributed by atoms with Crippen LogP contribution in [0.3, 0.4) is 0 Å². The smallest absolute Gasteiger partial charge is 0.340 e. The van der Waals surface area contributed by atoms with Gasteiger partial charge < -0.3 is 9.64 Å². The number of likely N-dealkylation sites (N-methyl/N-ethyl adjacent to an activating group) is 1. The van der Waals surface area contributed by atoms with Crippen molar-refractivity contribution in [2.45, 2.75) is 33.2 Å². The lowest BCUT2D eigenvalue weighted by molar-refractivity contribution is -0.136. The molecule has 0 N–H and O–H groups in total. The molecule has 1 fully saturated rings. The van der Waals surface area contributed by atoms with Crippen LogP contribution in [0.2, 0.25) is 0 Å². The molecule has 2 heterocycles. The van der Waals surface area contributed by atoms with Gasteiger partial charge in [0.25, 0.3) is 5.91 Å². The number of benzene rings is 1. The lowest BCUT2D eigenvalue weighted by atomic mass is 10.0. The first-order valence-corrected chi connectivity index (χ1v) is 11.1. The summed E-state index contributed by atoms with van der Waals surface area (Å²) in [5.74, 6) is -0.936.